The molecule has 0 aliphatic rings. The topological polar surface area (TPSA) is 18.5 Å². The summed E-state index contributed by atoms with van der Waals surface area (Å²) >= 11 is 0. The van der Waals surface area contributed by atoms with Gasteiger partial charge >= 0.3 is 0 Å². The molecule has 0 heterocycles. The molecule has 0 saturated carbocycles. The molecule has 0 unspecified atom stereocenters. The van der Waals surface area contributed by atoms with Crippen LogP contribution < -0.4 is 0 Å². The van der Waals surface area contributed by atoms with Crippen molar-refractivity contribution in [3.8, 4) is 0 Å². The summed E-state index contributed by atoms with van der Waals surface area (Å²) in [5.41, 5.74) is -0.152. The van der Waals surface area contributed by atoms with Gasteiger partial charge in [-0.1, -0.05) is 20.3 Å². The Bertz CT molecular complexity index is 89.6. The summed E-state index contributed by atoms with van der Waals surface area (Å²) in [6.07, 6.45) is 2.81. The molecule has 0 aromatic carbocycles. The molecule has 0 fully saturated rings. The van der Waals surface area contributed by atoms with Crippen molar-refractivity contribution in [2.45, 2.75) is 45.6 Å². The average molecular weight is 159 g/mol. The third-order valence-corrected chi connectivity index (χ3v) is 1.61. The van der Waals surface area contributed by atoms with Gasteiger partial charge in [0.1, 0.15) is 0 Å². The zero-order valence-corrected chi connectivity index (χ0v) is 7.85. The molecule has 0 bridgehead atoms. The van der Waals surface area contributed by atoms with Crippen LogP contribution in [0.1, 0.15) is 40.0 Å². The highest BCUT2D eigenvalue weighted by atomic mass is 17.2. The second kappa shape index (κ2) is 5.56. The lowest BCUT2D eigenvalue weighted by Crippen LogP contribution is -2.23. The maximum absolute atomic E-state index is 5.15. The number of hydrogen-bond donors (Lipinski definition) is 0. The van der Waals surface area contributed by atoms with Crippen LogP contribution in [-0.4, -0.2) is 12.2 Å². The molecular formula is C9H19O2. The predicted molar refractivity (Wildman–Crippen MR) is 46.0 cm³/mol. The Morgan fingerprint density at radius 1 is 1.36 bits per heavy atom. The van der Waals surface area contributed by atoms with E-state index in [1.165, 1.54) is 0 Å². The van der Waals surface area contributed by atoms with Crippen molar-refractivity contribution in [3.05, 3.63) is 6.92 Å². The predicted octanol–water partition coefficient (Wildman–Crippen LogP) is 2.74. The number of hydrogen-bond acceptors (Lipinski definition) is 2. The van der Waals surface area contributed by atoms with Crippen molar-refractivity contribution in [3.63, 3.8) is 0 Å². The van der Waals surface area contributed by atoms with E-state index in [2.05, 4.69) is 13.8 Å². The lowest BCUT2D eigenvalue weighted by Gasteiger charge is -2.21. The minimum atomic E-state index is -0.152. The molecule has 0 aliphatic heterocycles. The van der Waals surface area contributed by atoms with Crippen LogP contribution in [0.15, 0.2) is 0 Å². The van der Waals surface area contributed by atoms with Gasteiger partial charge in [-0.3, -0.25) is 0 Å². The molecule has 0 aliphatic carbocycles. The van der Waals surface area contributed by atoms with Crippen molar-refractivity contribution in [2.75, 3.05) is 6.61 Å². The lowest BCUT2D eigenvalue weighted by atomic mass is 10.1. The van der Waals surface area contributed by atoms with E-state index in [1.807, 2.05) is 13.8 Å². The number of unbranched alkanes of at least 4 members (excludes halogenated alkanes) is 1. The van der Waals surface area contributed by atoms with Gasteiger partial charge in [-0.15, -0.1) is 0 Å². The fourth-order valence-corrected chi connectivity index (χ4v) is 0.421. The molecule has 0 spiro atoms. The van der Waals surface area contributed by atoms with Gasteiger partial charge in [0.15, 0.2) is 0 Å². The van der Waals surface area contributed by atoms with Crippen LogP contribution in [0.2, 0.25) is 0 Å². The van der Waals surface area contributed by atoms with Crippen molar-refractivity contribution >= 4 is 0 Å². The largest absolute Gasteiger partial charge is 0.236 e. The van der Waals surface area contributed by atoms with E-state index >= 15 is 0 Å². The summed E-state index contributed by atoms with van der Waals surface area (Å²) in [6, 6.07) is 0. The Kier molecular flexibility index (Phi) is 5.51. The second-order valence-electron chi connectivity index (χ2n) is 3.23. The molecule has 2 nitrogen and oxygen atoms in total. The molecule has 2 heteroatoms. The van der Waals surface area contributed by atoms with Gasteiger partial charge in [0.05, 0.1) is 12.2 Å². The van der Waals surface area contributed by atoms with Crippen LogP contribution in [0.4, 0.5) is 0 Å². The highest BCUT2D eigenvalue weighted by Gasteiger charge is 2.16. The van der Waals surface area contributed by atoms with Crippen LogP contribution >= 0.6 is 0 Å². The van der Waals surface area contributed by atoms with E-state index in [1.54, 1.807) is 0 Å². The normalized spacial score (nSPS) is 12.0. The van der Waals surface area contributed by atoms with Crippen molar-refractivity contribution in [2.24, 2.45) is 0 Å². The summed E-state index contributed by atoms with van der Waals surface area (Å²) in [4.78, 5) is 10.1. The van der Waals surface area contributed by atoms with E-state index in [0.29, 0.717) is 6.61 Å². The van der Waals surface area contributed by atoms with Crippen molar-refractivity contribution in [1.82, 2.24) is 0 Å². The Morgan fingerprint density at radius 2 is 2.00 bits per heavy atom. The maximum Gasteiger partial charge on any atom is 0.0977 e. The zero-order valence-electron chi connectivity index (χ0n) is 7.85. The van der Waals surface area contributed by atoms with E-state index in [0.717, 1.165) is 19.3 Å². The summed E-state index contributed by atoms with van der Waals surface area (Å²) < 4.78 is 0. The van der Waals surface area contributed by atoms with Gasteiger partial charge in [0, 0.05) is 0 Å². The van der Waals surface area contributed by atoms with Gasteiger partial charge in [0.25, 0.3) is 0 Å². The third kappa shape index (κ3) is 6.32. The highest BCUT2D eigenvalue weighted by molar-refractivity contribution is 4.61. The molecular weight excluding hydrogens is 140 g/mol. The summed E-state index contributed by atoms with van der Waals surface area (Å²) in [5.74, 6) is 0. The van der Waals surface area contributed by atoms with Gasteiger partial charge in [0.2, 0.25) is 0 Å². The van der Waals surface area contributed by atoms with Gasteiger partial charge < -0.3 is 0 Å². The molecule has 0 atom stereocenters. The second-order valence-corrected chi connectivity index (χ2v) is 3.23. The van der Waals surface area contributed by atoms with Crippen LogP contribution in [0.3, 0.4) is 0 Å². The first-order valence-electron chi connectivity index (χ1n) is 4.22. The van der Waals surface area contributed by atoms with Crippen molar-refractivity contribution in [1.29, 1.82) is 0 Å². The van der Waals surface area contributed by atoms with Crippen LogP contribution in [0.5, 0.6) is 0 Å². The zero-order chi connectivity index (χ0) is 8.74. The Balaban J connectivity index is 3.23. The average Bonchev–Trinajstić information content (AvgIpc) is 1.99. The fraction of sp³-hybridized carbons (Fsp3) is 0.889. The molecule has 11 heavy (non-hydrogen) atoms. The Morgan fingerprint density at radius 3 is 2.45 bits per heavy atom. The Hall–Kier alpha value is -0.0800. The first-order valence-corrected chi connectivity index (χ1v) is 4.22. The summed E-state index contributed by atoms with van der Waals surface area (Å²) in [5, 5.41) is 0. The molecule has 0 amide bonds. The van der Waals surface area contributed by atoms with Crippen LogP contribution in [0, 0.1) is 6.92 Å². The minimum Gasteiger partial charge on any atom is -0.236 e. The van der Waals surface area contributed by atoms with Crippen molar-refractivity contribution < 1.29 is 9.78 Å². The molecule has 0 N–H and O–H groups in total. The molecule has 0 aromatic heterocycles. The van der Waals surface area contributed by atoms with E-state index in [4.69, 9.17) is 9.78 Å². The molecule has 0 aromatic rings. The SMILES string of the molecule is [CH2]CCCOOC(C)(C)CC. The van der Waals surface area contributed by atoms with Gasteiger partial charge in [-0.2, -0.15) is 0 Å². The monoisotopic (exact) mass is 159 g/mol. The summed E-state index contributed by atoms with van der Waals surface area (Å²) in [6.45, 7) is 10.4. The van der Waals surface area contributed by atoms with Crippen LogP contribution in [0.25, 0.3) is 0 Å². The summed E-state index contributed by atoms with van der Waals surface area (Å²) in [7, 11) is 0. The fourth-order valence-electron chi connectivity index (χ4n) is 0.421. The lowest BCUT2D eigenvalue weighted by molar-refractivity contribution is -0.353. The van der Waals surface area contributed by atoms with E-state index in [-0.39, 0.29) is 5.60 Å². The number of rotatable bonds is 6. The van der Waals surface area contributed by atoms with E-state index in [9.17, 15) is 0 Å². The molecule has 0 saturated heterocycles. The maximum atomic E-state index is 5.15. The Labute approximate surface area is 69.8 Å². The smallest absolute Gasteiger partial charge is 0.0977 e. The molecule has 1 radical (unpaired) electrons. The minimum absolute atomic E-state index is 0.152. The quantitative estimate of drug-likeness (QED) is 0.337. The van der Waals surface area contributed by atoms with Crippen LogP contribution in [-0.2, 0) is 9.78 Å². The van der Waals surface area contributed by atoms with Gasteiger partial charge in [-0.05, 0) is 26.7 Å². The first-order chi connectivity index (χ1) is 5.12. The molecule has 67 valence electrons. The first kappa shape index (κ1) is 10.9. The standard InChI is InChI=1S/C9H19O2/c1-5-7-8-10-11-9(3,4)6-2/h1,5-8H2,2-4H3. The van der Waals surface area contributed by atoms with Gasteiger partial charge in [-0.25, -0.2) is 9.78 Å². The third-order valence-electron chi connectivity index (χ3n) is 1.61. The molecule has 0 rings (SSSR count). The highest BCUT2D eigenvalue weighted by Crippen LogP contribution is 2.13. The van der Waals surface area contributed by atoms with E-state index < -0.39 is 0 Å².